The lowest BCUT2D eigenvalue weighted by molar-refractivity contribution is -0.158. The molecule has 0 radical (unpaired) electrons. The number of methoxy groups -OCH3 is 2. The fourth-order valence-electron chi connectivity index (χ4n) is 5.95. The molecule has 0 aromatic rings. The molecule has 3 saturated heterocycles. The van der Waals surface area contributed by atoms with Crippen LogP contribution in [0.4, 0.5) is 14.4 Å². The monoisotopic (exact) mass is 789 g/mol. The molecular formula is C38H67N3O14. The molecule has 0 saturated carbocycles. The van der Waals surface area contributed by atoms with Crippen LogP contribution in [0, 0.1) is 16.7 Å². The number of nitrogens with zero attached hydrogens (tertiary/aromatic N) is 3. The van der Waals surface area contributed by atoms with Gasteiger partial charge in [-0.1, -0.05) is 0 Å². The molecule has 0 aliphatic carbocycles. The van der Waals surface area contributed by atoms with Gasteiger partial charge < -0.3 is 53.0 Å². The van der Waals surface area contributed by atoms with Gasteiger partial charge in [0.1, 0.15) is 27.6 Å². The van der Waals surface area contributed by atoms with E-state index in [0.29, 0.717) is 58.7 Å². The van der Waals surface area contributed by atoms with E-state index in [-0.39, 0.29) is 50.3 Å². The molecule has 3 fully saturated rings. The second kappa shape index (κ2) is 20.9. The molecule has 3 rings (SSSR count). The van der Waals surface area contributed by atoms with Gasteiger partial charge in [-0.3, -0.25) is 14.4 Å². The molecule has 0 aromatic carbocycles. The number of carboxylic acid groups (broad SMARTS) is 1. The molecule has 17 nitrogen and oxygen atoms in total. The standard InChI is InChI=1S/C14H25NO5.C12H21NO5.C12H21NO4/c1-6-19-11(16)14(10-18-5)7-8-15(9-14)12(17)20-13(2,3)4;1-11(2,3)18-10(16)13-6-5-12(7-13,8-17-4)9(14)15;1-5-16-10(14)9-6-7-13(8-9)11(15)17-12(2,3)4/h6-10H2,1-5H3;5-8H2,1-4H3,(H,14,15);9H,5-8H2,1-4H3. The van der Waals surface area contributed by atoms with Crippen molar-refractivity contribution in [1.29, 1.82) is 0 Å². The van der Waals surface area contributed by atoms with Crippen molar-refractivity contribution < 1.29 is 67.0 Å². The average Bonchev–Trinajstić information content (AvgIpc) is 3.80. The molecule has 3 aliphatic rings. The molecule has 3 aliphatic heterocycles. The Balaban J connectivity index is 0.000000414. The van der Waals surface area contributed by atoms with Gasteiger partial charge in [0.15, 0.2) is 0 Å². The fourth-order valence-corrected chi connectivity index (χ4v) is 5.95. The van der Waals surface area contributed by atoms with Gasteiger partial charge in [0, 0.05) is 53.5 Å². The van der Waals surface area contributed by atoms with E-state index in [1.54, 1.807) is 44.4 Å². The molecule has 0 spiro atoms. The lowest BCUT2D eigenvalue weighted by atomic mass is 9.88. The van der Waals surface area contributed by atoms with Gasteiger partial charge in [-0.05, 0) is 95.4 Å². The van der Waals surface area contributed by atoms with Crippen LogP contribution in [-0.2, 0) is 47.5 Å². The highest BCUT2D eigenvalue weighted by Gasteiger charge is 2.49. The lowest BCUT2D eigenvalue weighted by Crippen LogP contribution is -2.42. The zero-order valence-electron chi connectivity index (χ0n) is 35.4. The first kappa shape index (κ1) is 49.2. The third-order valence-corrected chi connectivity index (χ3v) is 8.47. The van der Waals surface area contributed by atoms with Crippen LogP contribution in [0.25, 0.3) is 0 Å². The molecular weight excluding hydrogens is 722 g/mol. The molecule has 3 atom stereocenters. The second-order valence-corrected chi connectivity index (χ2v) is 16.9. The third kappa shape index (κ3) is 16.4. The van der Waals surface area contributed by atoms with Crippen LogP contribution >= 0.6 is 0 Å². The molecule has 3 heterocycles. The Morgan fingerprint density at radius 3 is 1.42 bits per heavy atom. The summed E-state index contributed by atoms with van der Waals surface area (Å²) in [5.74, 6) is -1.68. The summed E-state index contributed by atoms with van der Waals surface area (Å²) in [7, 11) is 3.00. The van der Waals surface area contributed by atoms with Crippen LogP contribution in [0.1, 0.15) is 95.4 Å². The SMILES string of the molecule is CCOC(=O)C1(COC)CCN(C(=O)OC(C)(C)C)C1.CCOC(=O)C1CCN(C(=O)OC(C)(C)C)C1.COCC1(C(=O)O)CCN(C(=O)OC(C)(C)C)C1. The van der Waals surface area contributed by atoms with Crippen molar-refractivity contribution in [2.75, 3.05) is 79.9 Å². The van der Waals surface area contributed by atoms with Gasteiger partial charge in [0.25, 0.3) is 0 Å². The van der Waals surface area contributed by atoms with Crippen LogP contribution in [0.5, 0.6) is 0 Å². The number of carbonyl (C=O) groups is 6. The van der Waals surface area contributed by atoms with E-state index < -0.39 is 45.8 Å². The van der Waals surface area contributed by atoms with E-state index in [2.05, 4.69) is 0 Å². The number of ether oxygens (including phenoxy) is 7. The maximum atomic E-state index is 12.1. The number of rotatable bonds is 9. The van der Waals surface area contributed by atoms with E-state index in [0.717, 1.165) is 0 Å². The number of hydrogen-bond donors (Lipinski definition) is 1. The number of esters is 2. The zero-order chi connectivity index (χ0) is 42.4. The van der Waals surface area contributed by atoms with Crippen LogP contribution in [0.3, 0.4) is 0 Å². The van der Waals surface area contributed by atoms with E-state index in [4.69, 9.17) is 33.2 Å². The van der Waals surface area contributed by atoms with Gasteiger partial charge in [-0.25, -0.2) is 14.4 Å². The predicted molar refractivity (Wildman–Crippen MR) is 200 cm³/mol. The zero-order valence-corrected chi connectivity index (χ0v) is 35.4. The average molecular weight is 790 g/mol. The Morgan fingerprint density at radius 1 is 0.618 bits per heavy atom. The molecule has 3 amide bonds. The van der Waals surface area contributed by atoms with Crippen LogP contribution in [-0.4, -0.2) is 153 Å². The quantitative estimate of drug-likeness (QED) is 0.243. The summed E-state index contributed by atoms with van der Waals surface area (Å²) >= 11 is 0. The first-order valence-electron chi connectivity index (χ1n) is 18.8. The van der Waals surface area contributed by atoms with E-state index >= 15 is 0 Å². The van der Waals surface area contributed by atoms with E-state index in [9.17, 15) is 33.9 Å². The van der Waals surface area contributed by atoms with Gasteiger partial charge in [-0.2, -0.15) is 0 Å². The highest BCUT2D eigenvalue weighted by atomic mass is 16.6. The maximum Gasteiger partial charge on any atom is 0.410 e. The summed E-state index contributed by atoms with van der Waals surface area (Å²) in [5.41, 5.74) is -3.41. The molecule has 3 unspecified atom stereocenters. The van der Waals surface area contributed by atoms with Crippen molar-refractivity contribution in [1.82, 2.24) is 14.7 Å². The van der Waals surface area contributed by atoms with Crippen LogP contribution in [0.2, 0.25) is 0 Å². The summed E-state index contributed by atoms with van der Waals surface area (Å²) in [6.45, 7) is 23.0. The van der Waals surface area contributed by atoms with Crippen molar-refractivity contribution in [2.24, 2.45) is 16.7 Å². The van der Waals surface area contributed by atoms with Crippen LogP contribution < -0.4 is 0 Å². The largest absolute Gasteiger partial charge is 0.481 e. The molecule has 318 valence electrons. The van der Waals surface area contributed by atoms with Crippen molar-refractivity contribution in [3.63, 3.8) is 0 Å². The number of hydrogen-bond acceptors (Lipinski definition) is 13. The van der Waals surface area contributed by atoms with Crippen LogP contribution in [0.15, 0.2) is 0 Å². The summed E-state index contributed by atoms with van der Waals surface area (Å²) in [6.07, 6.45) is 0.331. The summed E-state index contributed by atoms with van der Waals surface area (Å²) in [4.78, 5) is 75.1. The Morgan fingerprint density at radius 2 is 1.02 bits per heavy atom. The fraction of sp³-hybridized carbons (Fsp3) is 0.842. The minimum Gasteiger partial charge on any atom is -0.481 e. The number of aliphatic carboxylic acids is 1. The highest BCUT2D eigenvalue weighted by Crippen LogP contribution is 2.34. The van der Waals surface area contributed by atoms with Crippen molar-refractivity contribution >= 4 is 36.2 Å². The molecule has 17 heteroatoms. The van der Waals surface area contributed by atoms with E-state index in [1.165, 1.54) is 19.1 Å². The van der Waals surface area contributed by atoms with Gasteiger partial charge >= 0.3 is 36.2 Å². The Hall–Kier alpha value is -3.86. The summed E-state index contributed by atoms with van der Waals surface area (Å²) < 4.78 is 36.0. The van der Waals surface area contributed by atoms with E-state index in [1.807, 2.05) is 41.5 Å². The van der Waals surface area contributed by atoms with Gasteiger partial charge in [0.2, 0.25) is 0 Å². The molecule has 0 bridgehead atoms. The Kier molecular flexibility index (Phi) is 18.7. The Labute approximate surface area is 326 Å². The minimum absolute atomic E-state index is 0.0988. The van der Waals surface area contributed by atoms with Crippen molar-refractivity contribution in [2.45, 2.75) is 112 Å². The Bertz CT molecular complexity index is 1300. The number of carbonyl (C=O) groups excluding carboxylic acids is 5. The third-order valence-electron chi connectivity index (χ3n) is 8.47. The van der Waals surface area contributed by atoms with Crippen molar-refractivity contribution in [3.05, 3.63) is 0 Å². The summed E-state index contributed by atoms with van der Waals surface area (Å²) in [6, 6.07) is 0. The first-order valence-corrected chi connectivity index (χ1v) is 18.8. The van der Waals surface area contributed by atoms with Crippen molar-refractivity contribution in [3.8, 4) is 0 Å². The maximum absolute atomic E-state index is 12.1. The number of carboxylic acids is 1. The summed E-state index contributed by atoms with van der Waals surface area (Å²) in [5, 5.41) is 9.27. The van der Waals surface area contributed by atoms with Gasteiger partial charge in [0.05, 0.1) is 32.3 Å². The highest BCUT2D eigenvalue weighted by molar-refractivity contribution is 5.80. The minimum atomic E-state index is -1.01. The first-order chi connectivity index (χ1) is 25.3. The normalized spacial score (nSPS) is 22.4. The number of amides is 3. The molecule has 0 aromatic heterocycles. The lowest BCUT2D eigenvalue weighted by Gasteiger charge is -2.27. The second-order valence-electron chi connectivity index (χ2n) is 16.9. The van der Waals surface area contributed by atoms with Gasteiger partial charge in [-0.15, -0.1) is 0 Å². The topological polar surface area (TPSA) is 197 Å². The predicted octanol–water partition coefficient (Wildman–Crippen LogP) is 4.97. The molecule has 55 heavy (non-hydrogen) atoms. The smallest absolute Gasteiger partial charge is 0.410 e. The molecule has 1 N–H and O–H groups in total. The number of likely N-dealkylation sites (tertiary alicyclic amines) is 3.